The van der Waals surface area contributed by atoms with Gasteiger partial charge >= 0.3 is 12.0 Å². The fraction of sp³-hybridized carbons (Fsp3) is 0.500. The van der Waals surface area contributed by atoms with E-state index in [0.717, 1.165) is 18.4 Å². The molecular formula is C16H22N2O3. The van der Waals surface area contributed by atoms with Crippen molar-refractivity contribution in [1.29, 1.82) is 0 Å². The Bertz CT molecular complexity index is 486. The zero-order chi connectivity index (χ0) is 15.2. The Morgan fingerprint density at radius 3 is 2.57 bits per heavy atom. The summed E-state index contributed by atoms with van der Waals surface area (Å²) in [4.78, 5) is 24.8. The molecule has 1 aromatic carbocycles. The van der Waals surface area contributed by atoms with Crippen LogP contribution in [0.3, 0.4) is 0 Å². The number of aliphatic carboxylic acids is 1. The van der Waals surface area contributed by atoms with Gasteiger partial charge in [0.05, 0.1) is 0 Å². The molecular weight excluding hydrogens is 268 g/mol. The molecule has 1 atom stereocenters. The van der Waals surface area contributed by atoms with Gasteiger partial charge in [0.1, 0.15) is 6.04 Å². The maximum absolute atomic E-state index is 12.0. The van der Waals surface area contributed by atoms with Crippen LogP contribution in [0.4, 0.5) is 4.79 Å². The van der Waals surface area contributed by atoms with Crippen LogP contribution >= 0.6 is 0 Å². The molecule has 5 nitrogen and oxygen atoms in total. The molecule has 114 valence electrons. The maximum Gasteiger partial charge on any atom is 0.326 e. The first-order chi connectivity index (χ1) is 10.1. The van der Waals surface area contributed by atoms with Gasteiger partial charge in [-0.25, -0.2) is 9.59 Å². The zero-order valence-corrected chi connectivity index (χ0v) is 12.3. The maximum atomic E-state index is 12.0. The summed E-state index contributed by atoms with van der Waals surface area (Å²) in [6.45, 7) is 0.705. The zero-order valence-electron chi connectivity index (χ0n) is 12.3. The molecule has 1 aliphatic carbocycles. The average molecular weight is 290 g/mol. The van der Waals surface area contributed by atoms with E-state index in [2.05, 4.69) is 5.32 Å². The minimum Gasteiger partial charge on any atom is -0.480 e. The molecule has 1 saturated carbocycles. The number of urea groups is 1. The van der Waals surface area contributed by atoms with Crippen LogP contribution in [-0.2, 0) is 11.2 Å². The molecule has 0 spiro atoms. The molecule has 0 unspecified atom stereocenters. The lowest BCUT2D eigenvalue weighted by atomic mass is 10.1. The van der Waals surface area contributed by atoms with E-state index in [9.17, 15) is 14.7 Å². The molecule has 0 heterocycles. The number of carbonyl (C=O) groups excluding carboxylic acids is 1. The van der Waals surface area contributed by atoms with Crippen LogP contribution in [0.25, 0.3) is 0 Å². The number of hydrogen-bond acceptors (Lipinski definition) is 2. The van der Waals surface area contributed by atoms with Crippen molar-refractivity contribution in [2.45, 2.75) is 31.7 Å². The Labute approximate surface area is 125 Å². The molecule has 5 heteroatoms. The summed E-state index contributed by atoms with van der Waals surface area (Å²) in [6, 6.07) is 8.54. The molecule has 0 aromatic heterocycles. The molecule has 1 aromatic rings. The van der Waals surface area contributed by atoms with Crippen LogP contribution in [0.2, 0.25) is 0 Å². The van der Waals surface area contributed by atoms with Crippen LogP contribution in [0.1, 0.15) is 24.8 Å². The summed E-state index contributed by atoms with van der Waals surface area (Å²) in [5.74, 6) is -0.396. The van der Waals surface area contributed by atoms with Crippen LogP contribution in [-0.4, -0.2) is 41.6 Å². The van der Waals surface area contributed by atoms with Gasteiger partial charge in [-0.2, -0.15) is 0 Å². The first kappa shape index (κ1) is 15.4. The second kappa shape index (κ2) is 7.11. The molecule has 1 fully saturated rings. The van der Waals surface area contributed by atoms with E-state index in [0.29, 0.717) is 25.3 Å². The molecule has 2 N–H and O–H groups in total. The van der Waals surface area contributed by atoms with Crippen molar-refractivity contribution in [2.24, 2.45) is 5.92 Å². The number of carbonyl (C=O) groups is 2. The van der Waals surface area contributed by atoms with E-state index in [1.807, 2.05) is 30.3 Å². The van der Waals surface area contributed by atoms with Gasteiger partial charge in [0.25, 0.3) is 0 Å². The summed E-state index contributed by atoms with van der Waals surface area (Å²) < 4.78 is 0. The molecule has 2 amide bonds. The second-order valence-electron chi connectivity index (χ2n) is 5.69. The third-order valence-electron chi connectivity index (χ3n) is 3.74. The first-order valence-corrected chi connectivity index (χ1v) is 7.34. The van der Waals surface area contributed by atoms with Crippen LogP contribution in [0, 0.1) is 5.92 Å². The van der Waals surface area contributed by atoms with E-state index in [-0.39, 0.29) is 6.03 Å². The highest BCUT2D eigenvalue weighted by Gasteiger charge is 2.27. The quantitative estimate of drug-likeness (QED) is 0.808. The molecule has 0 aliphatic heterocycles. The number of carboxylic acids is 1. The highest BCUT2D eigenvalue weighted by atomic mass is 16.4. The van der Waals surface area contributed by atoms with E-state index in [4.69, 9.17) is 0 Å². The van der Waals surface area contributed by atoms with Crippen molar-refractivity contribution in [3.8, 4) is 0 Å². The lowest BCUT2D eigenvalue weighted by Crippen LogP contribution is -2.47. The molecule has 1 aliphatic rings. The van der Waals surface area contributed by atoms with Crippen molar-refractivity contribution >= 4 is 12.0 Å². The SMILES string of the molecule is CN(CC1CC1)C(=O)N[C@@H](CCc1ccccc1)C(=O)O. The highest BCUT2D eigenvalue weighted by molar-refractivity contribution is 5.82. The van der Waals surface area contributed by atoms with Gasteiger partial charge in [0.15, 0.2) is 0 Å². The summed E-state index contributed by atoms with van der Waals surface area (Å²) >= 11 is 0. The lowest BCUT2D eigenvalue weighted by molar-refractivity contribution is -0.139. The number of amides is 2. The summed E-state index contributed by atoms with van der Waals surface area (Å²) in [5, 5.41) is 11.8. The van der Waals surface area contributed by atoms with Gasteiger partial charge in [-0.15, -0.1) is 0 Å². The number of carboxylic acid groups (broad SMARTS) is 1. The fourth-order valence-corrected chi connectivity index (χ4v) is 2.24. The van der Waals surface area contributed by atoms with Crippen molar-refractivity contribution < 1.29 is 14.7 Å². The monoisotopic (exact) mass is 290 g/mol. The number of hydrogen-bond donors (Lipinski definition) is 2. The third kappa shape index (κ3) is 5.10. The first-order valence-electron chi connectivity index (χ1n) is 7.34. The second-order valence-corrected chi connectivity index (χ2v) is 5.69. The fourth-order valence-electron chi connectivity index (χ4n) is 2.24. The Balaban J connectivity index is 1.83. The van der Waals surface area contributed by atoms with Gasteiger partial charge in [0.2, 0.25) is 0 Å². The van der Waals surface area contributed by atoms with E-state index < -0.39 is 12.0 Å². The minimum absolute atomic E-state index is 0.303. The standard InChI is InChI=1S/C16H22N2O3/c1-18(11-13-7-8-13)16(21)17-14(15(19)20)10-9-12-5-3-2-4-6-12/h2-6,13-14H,7-11H2,1H3,(H,17,21)(H,19,20)/t14-/m0/s1. The van der Waals surface area contributed by atoms with Gasteiger partial charge < -0.3 is 15.3 Å². The van der Waals surface area contributed by atoms with Gasteiger partial charge in [-0.1, -0.05) is 30.3 Å². The van der Waals surface area contributed by atoms with Gasteiger partial charge in [-0.05, 0) is 37.2 Å². The van der Waals surface area contributed by atoms with Crippen LogP contribution < -0.4 is 5.32 Å². The summed E-state index contributed by atoms with van der Waals surface area (Å²) in [7, 11) is 1.71. The average Bonchev–Trinajstić information content (AvgIpc) is 3.27. The number of aryl methyl sites for hydroxylation is 1. The summed E-state index contributed by atoms with van der Waals surface area (Å²) in [5.41, 5.74) is 1.07. The Kier molecular flexibility index (Phi) is 5.20. The van der Waals surface area contributed by atoms with Gasteiger partial charge in [-0.3, -0.25) is 0 Å². The van der Waals surface area contributed by atoms with Crippen molar-refractivity contribution in [3.63, 3.8) is 0 Å². The topological polar surface area (TPSA) is 69.6 Å². The Morgan fingerprint density at radius 1 is 1.33 bits per heavy atom. The van der Waals surface area contributed by atoms with Crippen LogP contribution in [0.5, 0.6) is 0 Å². The molecule has 0 radical (unpaired) electrons. The lowest BCUT2D eigenvalue weighted by Gasteiger charge is -2.21. The number of rotatable bonds is 7. The van der Waals surface area contributed by atoms with Gasteiger partial charge in [0, 0.05) is 13.6 Å². The molecule has 0 bridgehead atoms. The number of nitrogens with one attached hydrogen (secondary N) is 1. The predicted octanol–water partition coefficient (Wildman–Crippen LogP) is 2.12. The molecule has 2 rings (SSSR count). The van der Waals surface area contributed by atoms with Crippen molar-refractivity contribution in [1.82, 2.24) is 10.2 Å². The Hall–Kier alpha value is -2.04. The third-order valence-corrected chi connectivity index (χ3v) is 3.74. The molecule has 0 saturated heterocycles. The summed E-state index contributed by atoms with van der Waals surface area (Å²) in [6.07, 6.45) is 3.34. The largest absolute Gasteiger partial charge is 0.480 e. The van der Waals surface area contributed by atoms with Crippen LogP contribution in [0.15, 0.2) is 30.3 Å². The predicted molar refractivity (Wildman–Crippen MR) is 80.1 cm³/mol. The van der Waals surface area contributed by atoms with Crippen molar-refractivity contribution in [3.05, 3.63) is 35.9 Å². The normalized spacial score (nSPS) is 15.3. The van der Waals surface area contributed by atoms with E-state index >= 15 is 0 Å². The number of benzene rings is 1. The number of nitrogens with zero attached hydrogens (tertiary/aromatic N) is 1. The van der Waals surface area contributed by atoms with E-state index in [1.165, 1.54) is 0 Å². The van der Waals surface area contributed by atoms with Crippen molar-refractivity contribution in [2.75, 3.05) is 13.6 Å². The Morgan fingerprint density at radius 2 is 2.00 bits per heavy atom. The highest BCUT2D eigenvalue weighted by Crippen LogP contribution is 2.29. The molecule has 21 heavy (non-hydrogen) atoms. The smallest absolute Gasteiger partial charge is 0.326 e. The van der Waals surface area contributed by atoms with E-state index in [1.54, 1.807) is 11.9 Å². The minimum atomic E-state index is -0.987.